The van der Waals surface area contributed by atoms with Crippen molar-refractivity contribution in [1.82, 2.24) is 0 Å². The molecular weight excluding hydrogens is 220 g/mol. The Balaban J connectivity index is 3.00. The number of unbranched alkanes of at least 4 members (excludes halogenated alkanes) is 2. The smallest absolute Gasteiger partial charge is 0.0793 e. The second-order valence-electron chi connectivity index (χ2n) is 4.79. The van der Waals surface area contributed by atoms with Crippen LogP contribution in [-0.2, 0) is 0 Å². The molecule has 0 amide bonds. The third-order valence-electron chi connectivity index (χ3n) is 3.13. The van der Waals surface area contributed by atoms with Gasteiger partial charge in [-0.3, -0.25) is 0 Å². The van der Waals surface area contributed by atoms with E-state index < -0.39 is 6.10 Å². The van der Waals surface area contributed by atoms with Gasteiger partial charge in [-0.15, -0.1) is 5.73 Å². The van der Waals surface area contributed by atoms with Crippen molar-refractivity contribution in [2.24, 2.45) is 0 Å². The molecule has 1 aromatic rings. The van der Waals surface area contributed by atoms with Crippen LogP contribution in [0.25, 0.3) is 5.57 Å². The van der Waals surface area contributed by atoms with Crippen LogP contribution >= 0.6 is 0 Å². The van der Waals surface area contributed by atoms with Crippen LogP contribution in [0.1, 0.15) is 52.0 Å². The van der Waals surface area contributed by atoms with Crippen molar-refractivity contribution < 1.29 is 5.11 Å². The quantitative estimate of drug-likeness (QED) is 0.574. The molecule has 0 spiro atoms. The normalized spacial score (nSPS) is 11.8. The van der Waals surface area contributed by atoms with Crippen molar-refractivity contribution >= 4 is 5.57 Å². The molecule has 0 saturated carbocycles. The fourth-order valence-corrected chi connectivity index (χ4v) is 1.81. The SMILES string of the molecule is CCCCCC(=C=C(C)[C@H](C)O)c1ccccc1. The minimum Gasteiger partial charge on any atom is -0.388 e. The fraction of sp³-hybridized carbons (Fsp3) is 0.471. The highest BCUT2D eigenvalue weighted by atomic mass is 16.3. The van der Waals surface area contributed by atoms with Gasteiger partial charge in [0.25, 0.3) is 0 Å². The topological polar surface area (TPSA) is 20.2 Å². The molecule has 0 saturated heterocycles. The van der Waals surface area contributed by atoms with Gasteiger partial charge in [-0.05, 0) is 37.8 Å². The molecule has 1 nitrogen and oxygen atoms in total. The second kappa shape index (κ2) is 7.92. The Bertz CT molecular complexity index is 408. The van der Waals surface area contributed by atoms with Crippen LogP contribution in [0.4, 0.5) is 0 Å². The molecule has 1 rings (SSSR count). The van der Waals surface area contributed by atoms with Gasteiger partial charge in [0.05, 0.1) is 6.10 Å². The number of hydrogen-bond acceptors (Lipinski definition) is 1. The molecule has 1 N–H and O–H groups in total. The molecule has 98 valence electrons. The third kappa shape index (κ3) is 4.91. The lowest BCUT2D eigenvalue weighted by atomic mass is 9.99. The summed E-state index contributed by atoms with van der Waals surface area (Å²) in [5.74, 6) is 0. The molecule has 1 atom stereocenters. The van der Waals surface area contributed by atoms with Crippen molar-refractivity contribution in [1.29, 1.82) is 0 Å². The van der Waals surface area contributed by atoms with Crippen LogP contribution in [-0.4, -0.2) is 11.2 Å². The molecule has 0 aliphatic rings. The summed E-state index contributed by atoms with van der Waals surface area (Å²) < 4.78 is 0. The third-order valence-corrected chi connectivity index (χ3v) is 3.13. The van der Waals surface area contributed by atoms with E-state index in [1.54, 1.807) is 6.92 Å². The number of rotatable bonds is 6. The maximum absolute atomic E-state index is 9.58. The Labute approximate surface area is 111 Å². The first-order valence-electron chi connectivity index (χ1n) is 6.85. The van der Waals surface area contributed by atoms with Crippen LogP contribution in [0.2, 0.25) is 0 Å². The largest absolute Gasteiger partial charge is 0.388 e. The van der Waals surface area contributed by atoms with E-state index in [1.807, 2.05) is 13.0 Å². The van der Waals surface area contributed by atoms with Gasteiger partial charge in [0.15, 0.2) is 0 Å². The lowest BCUT2D eigenvalue weighted by Crippen LogP contribution is -1.99. The number of benzene rings is 1. The van der Waals surface area contributed by atoms with Crippen molar-refractivity contribution in [3.63, 3.8) is 0 Å². The van der Waals surface area contributed by atoms with Gasteiger partial charge < -0.3 is 5.11 Å². The van der Waals surface area contributed by atoms with Gasteiger partial charge >= 0.3 is 0 Å². The maximum atomic E-state index is 9.58. The predicted molar refractivity (Wildman–Crippen MR) is 78.4 cm³/mol. The summed E-state index contributed by atoms with van der Waals surface area (Å²) in [6, 6.07) is 10.4. The average Bonchev–Trinajstić information content (AvgIpc) is 2.38. The minimum atomic E-state index is -0.421. The Morgan fingerprint density at radius 2 is 1.89 bits per heavy atom. The van der Waals surface area contributed by atoms with Crippen molar-refractivity contribution in [3.8, 4) is 0 Å². The molecule has 18 heavy (non-hydrogen) atoms. The zero-order valence-corrected chi connectivity index (χ0v) is 11.7. The van der Waals surface area contributed by atoms with Crippen molar-refractivity contribution in [3.05, 3.63) is 47.2 Å². The predicted octanol–water partition coefficient (Wildman–Crippen LogP) is 4.58. The molecular formula is C17H24O. The van der Waals surface area contributed by atoms with Crippen LogP contribution in [0.3, 0.4) is 0 Å². The standard InChI is InChI=1S/C17H24O/c1-4-5-7-12-17(13-14(2)15(3)18)16-10-8-6-9-11-16/h6,8-11,15,18H,4-5,7,12H2,1-3H3/t13?,15-/m0/s1. The van der Waals surface area contributed by atoms with E-state index in [2.05, 4.69) is 36.9 Å². The number of hydrogen-bond donors (Lipinski definition) is 1. The van der Waals surface area contributed by atoms with E-state index in [4.69, 9.17) is 0 Å². The van der Waals surface area contributed by atoms with Crippen molar-refractivity contribution in [2.45, 2.75) is 52.6 Å². The van der Waals surface area contributed by atoms with E-state index >= 15 is 0 Å². The van der Waals surface area contributed by atoms with E-state index in [-0.39, 0.29) is 0 Å². The van der Waals surface area contributed by atoms with Gasteiger partial charge in [0, 0.05) is 5.57 Å². The number of aliphatic hydroxyl groups excluding tert-OH is 1. The average molecular weight is 244 g/mol. The summed E-state index contributed by atoms with van der Waals surface area (Å²) >= 11 is 0. The van der Waals surface area contributed by atoms with Gasteiger partial charge in [-0.1, -0.05) is 50.1 Å². The first-order valence-corrected chi connectivity index (χ1v) is 6.85. The van der Waals surface area contributed by atoms with Gasteiger partial charge in [0.2, 0.25) is 0 Å². The molecule has 0 unspecified atom stereocenters. The highest BCUT2D eigenvalue weighted by Crippen LogP contribution is 2.21. The maximum Gasteiger partial charge on any atom is 0.0793 e. The van der Waals surface area contributed by atoms with Crippen molar-refractivity contribution in [2.75, 3.05) is 0 Å². The molecule has 0 aromatic heterocycles. The zero-order valence-electron chi connectivity index (χ0n) is 11.7. The van der Waals surface area contributed by atoms with Gasteiger partial charge in [0.1, 0.15) is 0 Å². The molecule has 0 fully saturated rings. The zero-order chi connectivity index (χ0) is 13.4. The van der Waals surface area contributed by atoms with Gasteiger partial charge in [-0.2, -0.15) is 0 Å². The van der Waals surface area contributed by atoms with Crippen LogP contribution in [0, 0.1) is 0 Å². The summed E-state index contributed by atoms with van der Waals surface area (Å²) in [6.07, 6.45) is 4.25. The minimum absolute atomic E-state index is 0.421. The first-order chi connectivity index (χ1) is 8.65. The molecule has 0 aliphatic heterocycles. The summed E-state index contributed by atoms with van der Waals surface area (Å²) in [6.45, 7) is 5.94. The summed E-state index contributed by atoms with van der Waals surface area (Å²) in [5.41, 5.74) is 6.71. The van der Waals surface area contributed by atoms with E-state index in [1.165, 1.54) is 30.4 Å². The van der Waals surface area contributed by atoms with Crippen LogP contribution < -0.4 is 0 Å². The lowest BCUT2D eigenvalue weighted by molar-refractivity contribution is 0.232. The van der Waals surface area contributed by atoms with Crippen LogP contribution in [0.15, 0.2) is 41.6 Å². The fourth-order valence-electron chi connectivity index (χ4n) is 1.81. The molecule has 1 aromatic carbocycles. The molecule has 0 radical (unpaired) electrons. The monoisotopic (exact) mass is 244 g/mol. The molecule has 0 heterocycles. The highest BCUT2D eigenvalue weighted by Gasteiger charge is 2.02. The highest BCUT2D eigenvalue weighted by molar-refractivity contribution is 5.65. The Kier molecular flexibility index (Phi) is 6.49. The summed E-state index contributed by atoms with van der Waals surface area (Å²) in [5, 5.41) is 9.58. The number of aliphatic hydroxyl groups is 1. The van der Waals surface area contributed by atoms with E-state index in [0.29, 0.717) is 0 Å². The molecule has 0 bridgehead atoms. The van der Waals surface area contributed by atoms with Gasteiger partial charge in [-0.25, -0.2) is 0 Å². The molecule has 0 aliphatic carbocycles. The first kappa shape index (κ1) is 14.8. The Morgan fingerprint density at radius 3 is 2.44 bits per heavy atom. The van der Waals surface area contributed by atoms with E-state index in [0.717, 1.165) is 12.0 Å². The second-order valence-corrected chi connectivity index (χ2v) is 4.79. The Hall–Kier alpha value is -1.30. The summed E-state index contributed by atoms with van der Waals surface area (Å²) in [4.78, 5) is 0. The van der Waals surface area contributed by atoms with Crippen LogP contribution in [0.5, 0.6) is 0 Å². The molecule has 1 heteroatoms. The Morgan fingerprint density at radius 1 is 1.22 bits per heavy atom. The summed E-state index contributed by atoms with van der Waals surface area (Å²) in [7, 11) is 0. The van der Waals surface area contributed by atoms with E-state index in [9.17, 15) is 5.11 Å². The lowest BCUT2D eigenvalue weighted by Gasteiger charge is -2.07.